The summed E-state index contributed by atoms with van der Waals surface area (Å²) in [5, 5.41) is 2.46. The van der Waals surface area contributed by atoms with E-state index in [0.29, 0.717) is 6.61 Å². The zero-order valence-electron chi connectivity index (χ0n) is 26.6. The topological polar surface area (TPSA) is 22.1 Å². The summed E-state index contributed by atoms with van der Waals surface area (Å²) in [6, 6.07) is 8.44. The average Bonchev–Trinajstić information content (AvgIpc) is 2.98. The maximum Gasteiger partial charge on any atom is 0.0737 e. The summed E-state index contributed by atoms with van der Waals surface area (Å²) in [5.41, 5.74) is 1.20. The number of aromatic nitrogens is 1. The molecule has 0 spiro atoms. The lowest BCUT2D eigenvalue weighted by molar-refractivity contribution is 0.117. The first-order chi connectivity index (χ1) is 19.9. The van der Waals surface area contributed by atoms with Crippen LogP contribution in [0.15, 0.2) is 36.7 Å². The van der Waals surface area contributed by atoms with Crippen LogP contribution in [0.5, 0.6) is 0 Å². The number of fused-ring (bicyclic) bond motifs is 1. The fourth-order valence-electron chi connectivity index (χ4n) is 6.00. The van der Waals surface area contributed by atoms with Gasteiger partial charge in [-0.25, -0.2) is 0 Å². The lowest BCUT2D eigenvalue weighted by Gasteiger charge is -2.07. The third-order valence-electron chi connectivity index (χ3n) is 8.65. The SMILES string of the molecule is CCCCCCCCCCCCCCCCCCCCCCCCCCCCOCc1cncc2ccccc12. The third kappa shape index (κ3) is 18.8. The molecule has 1 aromatic heterocycles. The van der Waals surface area contributed by atoms with Gasteiger partial charge in [0.1, 0.15) is 0 Å². The smallest absolute Gasteiger partial charge is 0.0737 e. The number of hydrogen-bond acceptors (Lipinski definition) is 2. The minimum atomic E-state index is 0.674. The number of ether oxygens (including phenoxy) is 1. The van der Waals surface area contributed by atoms with Crippen LogP contribution in [0.2, 0.25) is 0 Å². The van der Waals surface area contributed by atoms with Gasteiger partial charge in [0.05, 0.1) is 6.61 Å². The minimum Gasteiger partial charge on any atom is -0.377 e. The zero-order valence-corrected chi connectivity index (χ0v) is 26.6. The van der Waals surface area contributed by atoms with Crippen molar-refractivity contribution in [3.05, 3.63) is 42.2 Å². The predicted molar refractivity (Wildman–Crippen MR) is 177 cm³/mol. The van der Waals surface area contributed by atoms with E-state index in [-0.39, 0.29) is 0 Å². The fourth-order valence-corrected chi connectivity index (χ4v) is 6.00. The maximum atomic E-state index is 5.94. The number of nitrogens with zero attached hydrogens (tertiary/aromatic N) is 1. The molecule has 2 nitrogen and oxygen atoms in total. The molecule has 0 bridgehead atoms. The van der Waals surface area contributed by atoms with E-state index < -0.39 is 0 Å². The van der Waals surface area contributed by atoms with E-state index in [2.05, 4.69) is 36.2 Å². The maximum absolute atomic E-state index is 5.94. The summed E-state index contributed by atoms with van der Waals surface area (Å²) in [5.74, 6) is 0. The van der Waals surface area contributed by atoms with Gasteiger partial charge in [0, 0.05) is 30.0 Å². The highest BCUT2D eigenvalue weighted by Crippen LogP contribution is 2.19. The van der Waals surface area contributed by atoms with Crippen molar-refractivity contribution in [3.8, 4) is 0 Å². The lowest BCUT2D eigenvalue weighted by Crippen LogP contribution is -1.97. The first kappa shape index (κ1) is 34.8. The molecule has 228 valence electrons. The van der Waals surface area contributed by atoms with Crippen LogP contribution in [-0.4, -0.2) is 11.6 Å². The van der Waals surface area contributed by atoms with E-state index in [1.807, 2.05) is 12.4 Å². The van der Waals surface area contributed by atoms with Crippen LogP contribution in [0.3, 0.4) is 0 Å². The summed E-state index contributed by atoms with van der Waals surface area (Å²) in [7, 11) is 0. The highest BCUT2D eigenvalue weighted by atomic mass is 16.5. The Balaban J connectivity index is 1.21. The monoisotopic (exact) mass is 552 g/mol. The Morgan fingerprint density at radius 3 is 1.32 bits per heavy atom. The van der Waals surface area contributed by atoms with Gasteiger partial charge in [-0.1, -0.05) is 192 Å². The van der Waals surface area contributed by atoms with Gasteiger partial charge in [-0.05, 0) is 11.8 Å². The Morgan fingerprint density at radius 1 is 0.475 bits per heavy atom. The highest BCUT2D eigenvalue weighted by Gasteiger charge is 2.01. The molecule has 0 aliphatic carbocycles. The molecule has 2 aromatic rings. The van der Waals surface area contributed by atoms with E-state index in [0.717, 1.165) is 6.61 Å². The number of hydrogen-bond donors (Lipinski definition) is 0. The van der Waals surface area contributed by atoms with Gasteiger partial charge in [-0.15, -0.1) is 0 Å². The van der Waals surface area contributed by atoms with Gasteiger partial charge in [0.25, 0.3) is 0 Å². The number of pyridine rings is 1. The standard InChI is InChI=1S/C38H65NO/c1-2-3-4-5-6-7-8-9-10-11-12-13-14-15-16-17-18-19-20-21-22-23-24-25-26-29-32-40-35-37-34-39-33-36-30-27-28-31-38(36)37/h27-28,30-31,33-34H,2-26,29,32,35H2,1H3. The van der Waals surface area contributed by atoms with Gasteiger partial charge >= 0.3 is 0 Å². The molecule has 1 aromatic carbocycles. The van der Waals surface area contributed by atoms with Gasteiger partial charge in [-0.3, -0.25) is 4.98 Å². The summed E-state index contributed by atoms with van der Waals surface area (Å²) >= 11 is 0. The van der Waals surface area contributed by atoms with Crippen molar-refractivity contribution in [2.75, 3.05) is 6.61 Å². The Hall–Kier alpha value is -1.41. The van der Waals surface area contributed by atoms with E-state index in [1.165, 1.54) is 183 Å². The minimum absolute atomic E-state index is 0.674. The molecule has 0 unspecified atom stereocenters. The van der Waals surface area contributed by atoms with Crippen molar-refractivity contribution < 1.29 is 4.74 Å². The molecule has 0 atom stereocenters. The first-order valence-corrected chi connectivity index (χ1v) is 17.8. The molecule has 2 heteroatoms. The van der Waals surface area contributed by atoms with Crippen LogP contribution in [0.4, 0.5) is 0 Å². The molecule has 0 aliphatic heterocycles. The predicted octanol–water partition coefficient (Wildman–Crippen LogP) is 12.9. The van der Waals surface area contributed by atoms with Crippen molar-refractivity contribution >= 4 is 10.8 Å². The molecule has 2 rings (SSSR count). The third-order valence-corrected chi connectivity index (χ3v) is 8.65. The second-order valence-electron chi connectivity index (χ2n) is 12.4. The molecule has 0 saturated carbocycles. The quantitative estimate of drug-likeness (QED) is 0.0938. The Morgan fingerprint density at radius 2 is 0.875 bits per heavy atom. The van der Waals surface area contributed by atoms with Crippen molar-refractivity contribution in [1.82, 2.24) is 4.98 Å². The molecule has 0 saturated heterocycles. The van der Waals surface area contributed by atoms with Crippen LogP contribution in [-0.2, 0) is 11.3 Å². The number of rotatable bonds is 29. The molecule has 0 fully saturated rings. The Bertz CT molecular complexity index is 798. The van der Waals surface area contributed by atoms with Crippen molar-refractivity contribution in [2.24, 2.45) is 0 Å². The van der Waals surface area contributed by atoms with Gasteiger partial charge in [-0.2, -0.15) is 0 Å². The summed E-state index contributed by atoms with van der Waals surface area (Å²) < 4.78 is 5.94. The highest BCUT2D eigenvalue weighted by molar-refractivity contribution is 5.84. The lowest BCUT2D eigenvalue weighted by atomic mass is 10.0. The molecule has 40 heavy (non-hydrogen) atoms. The van der Waals surface area contributed by atoms with Crippen molar-refractivity contribution in [2.45, 2.75) is 180 Å². The van der Waals surface area contributed by atoms with Gasteiger partial charge in [0.15, 0.2) is 0 Å². The van der Waals surface area contributed by atoms with Crippen LogP contribution in [0.1, 0.15) is 179 Å². The molecule has 1 heterocycles. The van der Waals surface area contributed by atoms with Crippen LogP contribution < -0.4 is 0 Å². The largest absolute Gasteiger partial charge is 0.377 e. The average molecular weight is 552 g/mol. The second-order valence-corrected chi connectivity index (χ2v) is 12.4. The van der Waals surface area contributed by atoms with Crippen LogP contribution >= 0.6 is 0 Å². The normalized spacial score (nSPS) is 11.5. The van der Waals surface area contributed by atoms with E-state index in [1.54, 1.807) is 0 Å². The van der Waals surface area contributed by atoms with Crippen molar-refractivity contribution in [3.63, 3.8) is 0 Å². The number of unbranched alkanes of at least 4 members (excludes halogenated alkanes) is 25. The molecule has 0 aliphatic rings. The summed E-state index contributed by atoms with van der Waals surface area (Å²) in [6.07, 6.45) is 41.3. The van der Waals surface area contributed by atoms with Crippen LogP contribution in [0, 0.1) is 0 Å². The van der Waals surface area contributed by atoms with Gasteiger partial charge < -0.3 is 4.74 Å². The fraction of sp³-hybridized carbons (Fsp3) is 0.763. The molecule has 0 amide bonds. The van der Waals surface area contributed by atoms with Gasteiger partial charge in [0.2, 0.25) is 0 Å². The second kappa shape index (κ2) is 26.5. The summed E-state index contributed by atoms with van der Waals surface area (Å²) in [6.45, 7) is 3.84. The van der Waals surface area contributed by atoms with E-state index in [4.69, 9.17) is 4.74 Å². The Labute approximate surface area is 249 Å². The van der Waals surface area contributed by atoms with Crippen LogP contribution in [0.25, 0.3) is 10.8 Å². The summed E-state index contributed by atoms with van der Waals surface area (Å²) in [4.78, 5) is 4.35. The van der Waals surface area contributed by atoms with E-state index >= 15 is 0 Å². The molecule has 0 N–H and O–H groups in total. The van der Waals surface area contributed by atoms with Crippen molar-refractivity contribution in [1.29, 1.82) is 0 Å². The van der Waals surface area contributed by atoms with E-state index in [9.17, 15) is 0 Å². The molecule has 0 radical (unpaired) electrons. The number of benzene rings is 1. The first-order valence-electron chi connectivity index (χ1n) is 17.8. The zero-order chi connectivity index (χ0) is 28.2. The molecular formula is C38H65NO. The molecular weight excluding hydrogens is 486 g/mol. The Kier molecular flexibility index (Phi) is 23.0.